The third kappa shape index (κ3) is 2.91. The van der Waals surface area contributed by atoms with E-state index in [0.717, 1.165) is 35.4 Å². The van der Waals surface area contributed by atoms with Crippen LogP contribution in [-0.2, 0) is 4.79 Å². The van der Waals surface area contributed by atoms with Gasteiger partial charge in [-0.15, -0.1) is 0 Å². The van der Waals surface area contributed by atoms with Gasteiger partial charge in [0.2, 0.25) is 0 Å². The lowest BCUT2D eigenvalue weighted by molar-refractivity contribution is -0.122. The van der Waals surface area contributed by atoms with Crippen LogP contribution < -0.4 is 19.8 Å². The minimum Gasteiger partial charge on any atom is -0.489 e. The lowest BCUT2D eigenvalue weighted by Gasteiger charge is -2.42. The molecule has 0 saturated carbocycles. The van der Waals surface area contributed by atoms with Gasteiger partial charge in [0, 0.05) is 17.6 Å². The summed E-state index contributed by atoms with van der Waals surface area (Å²) in [6, 6.07) is 3.59. The molecule has 4 rings (SSSR count). The molecular weight excluding hydrogens is 343 g/mol. The van der Waals surface area contributed by atoms with Gasteiger partial charge in [-0.3, -0.25) is 4.79 Å². The Kier molecular flexibility index (Phi) is 4.06. The van der Waals surface area contributed by atoms with Crippen LogP contribution in [0.2, 0.25) is 12.6 Å². The Morgan fingerprint density at radius 2 is 2.22 bits per heavy atom. The Morgan fingerprint density at radius 1 is 1.48 bits per heavy atom. The molecule has 1 aromatic carbocycles. The summed E-state index contributed by atoms with van der Waals surface area (Å²) in [5, 5.41) is 13.2. The molecule has 0 spiro atoms. The Hall–Kier alpha value is -2.69. The van der Waals surface area contributed by atoms with E-state index in [2.05, 4.69) is 30.3 Å². The first-order chi connectivity index (χ1) is 12.8. The first-order valence-electron chi connectivity index (χ1n) is 9.36. The third-order valence-corrected chi connectivity index (χ3v) is 5.56. The summed E-state index contributed by atoms with van der Waals surface area (Å²) in [6.07, 6.45) is 1.45. The maximum Gasteiger partial charge on any atom is 0.275 e. The highest BCUT2D eigenvalue weighted by Gasteiger charge is 2.46. The summed E-state index contributed by atoms with van der Waals surface area (Å²) < 4.78 is 12.3. The second-order valence-electron chi connectivity index (χ2n) is 8.14. The van der Waals surface area contributed by atoms with Gasteiger partial charge in [0.25, 0.3) is 12.6 Å². The number of carbonyl (C=O) groups excluding carboxylic acids is 1. The molecule has 27 heavy (non-hydrogen) atoms. The SMILES string of the molecule is CC(C)c1cc2c(cc1OC1(C)CB(C#N)C1)N1C(=NNC(=O)C1C)CO2. The van der Waals surface area contributed by atoms with Gasteiger partial charge < -0.3 is 14.4 Å². The monoisotopic (exact) mass is 366 g/mol. The fraction of sp³-hybridized carbons (Fsp3) is 0.526. The van der Waals surface area contributed by atoms with Gasteiger partial charge in [-0.25, -0.2) is 10.7 Å². The van der Waals surface area contributed by atoms with Crippen molar-refractivity contribution in [1.82, 2.24) is 5.43 Å². The van der Waals surface area contributed by atoms with Gasteiger partial charge in [0.05, 0.1) is 11.3 Å². The topological polar surface area (TPSA) is 87.0 Å². The standard InChI is InChI=1S/C19H23BN4O3/c1-11(2)13-5-16-14(6-15(13)27-19(4)8-20(9-19)10-21)24-12(3)18(25)23-22-17(24)7-26-16/h5-6,11-12H,7-9H2,1-4H3,(H,23,25). The van der Waals surface area contributed by atoms with E-state index in [1.807, 2.05) is 30.9 Å². The summed E-state index contributed by atoms with van der Waals surface area (Å²) in [5.41, 5.74) is 4.05. The minimum atomic E-state index is -0.375. The lowest BCUT2D eigenvalue weighted by Crippen LogP contribution is -2.55. The van der Waals surface area contributed by atoms with Crippen molar-refractivity contribution in [3.05, 3.63) is 17.7 Å². The maximum absolute atomic E-state index is 12.1. The molecule has 0 aliphatic carbocycles. The first kappa shape index (κ1) is 17.7. The number of hydrazone groups is 1. The molecule has 1 atom stereocenters. The summed E-state index contributed by atoms with van der Waals surface area (Å²) in [5.74, 6) is 4.61. The van der Waals surface area contributed by atoms with Crippen LogP contribution in [0.1, 0.15) is 39.2 Å². The smallest absolute Gasteiger partial charge is 0.275 e. The summed E-state index contributed by atoms with van der Waals surface area (Å²) in [4.78, 5) is 14.0. The van der Waals surface area contributed by atoms with Crippen molar-refractivity contribution in [3.63, 3.8) is 0 Å². The molecule has 3 heterocycles. The van der Waals surface area contributed by atoms with Gasteiger partial charge in [-0.2, -0.15) is 5.10 Å². The molecule has 1 aromatic rings. The number of nitrogens with one attached hydrogen (secondary N) is 1. The third-order valence-electron chi connectivity index (χ3n) is 5.56. The van der Waals surface area contributed by atoms with Crippen LogP contribution in [0.3, 0.4) is 0 Å². The molecule has 1 fully saturated rings. The van der Waals surface area contributed by atoms with Crippen molar-refractivity contribution in [2.45, 2.75) is 57.9 Å². The van der Waals surface area contributed by atoms with E-state index in [9.17, 15) is 4.79 Å². The zero-order valence-electron chi connectivity index (χ0n) is 16.1. The predicted octanol–water partition coefficient (Wildman–Crippen LogP) is 2.55. The highest BCUT2D eigenvalue weighted by Crippen LogP contribution is 2.45. The van der Waals surface area contributed by atoms with Crippen molar-refractivity contribution < 1.29 is 14.3 Å². The molecule has 3 aliphatic heterocycles. The Balaban J connectivity index is 1.74. The molecule has 1 unspecified atom stereocenters. The molecule has 1 N–H and O–H groups in total. The van der Waals surface area contributed by atoms with Crippen LogP contribution >= 0.6 is 0 Å². The number of benzene rings is 1. The highest BCUT2D eigenvalue weighted by molar-refractivity contribution is 6.70. The van der Waals surface area contributed by atoms with Gasteiger partial charge in [0.1, 0.15) is 24.1 Å². The van der Waals surface area contributed by atoms with E-state index < -0.39 is 0 Å². The molecule has 1 amide bonds. The zero-order valence-corrected chi connectivity index (χ0v) is 16.1. The molecule has 0 bridgehead atoms. The second kappa shape index (κ2) is 6.19. The number of amides is 1. The minimum absolute atomic E-state index is 0.0583. The molecule has 3 aliphatic rings. The fourth-order valence-electron chi connectivity index (χ4n) is 4.03. The van der Waals surface area contributed by atoms with Crippen molar-refractivity contribution in [2.24, 2.45) is 5.10 Å². The van der Waals surface area contributed by atoms with Crippen molar-refractivity contribution >= 4 is 24.1 Å². The Bertz CT molecular complexity index is 870. The van der Waals surface area contributed by atoms with E-state index in [1.165, 1.54) is 0 Å². The maximum atomic E-state index is 12.1. The number of rotatable bonds is 3. The number of hydrogen-bond donors (Lipinski definition) is 1. The number of anilines is 1. The largest absolute Gasteiger partial charge is 0.489 e. The number of fused-ring (bicyclic) bond motifs is 3. The Morgan fingerprint density at radius 3 is 2.89 bits per heavy atom. The molecule has 8 heteroatoms. The molecule has 140 valence electrons. The first-order valence-corrected chi connectivity index (χ1v) is 9.36. The molecule has 0 aromatic heterocycles. The highest BCUT2D eigenvalue weighted by atomic mass is 16.5. The van der Waals surface area contributed by atoms with E-state index >= 15 is 0 Å². The quantitative estimate of drug-likeness (QED) is 0.831. The van der Waals surface area contributed by atoms with Crippen LogP contribution in [0.4, 0.5) is 5.69 Å². The van der Waals surface area contributed by atoms with E-state index in [4.69, 9.17) is 14.7 Å². The average molecular weight is 366 g/mol. The van der Waals surface area contributed by atoms with Crippen molar-refractivity contribution in [2.75, 3.05) is 11.5 Å². The summed E-state index contributed by atoms with van der Waals surface area (Å²) in [6.45, 7) is 8.50. The molecule has 7 nitrogen and oxygen atoms in total. The van der Waals surface area contributed by atoms with Crippen molar-refractivity contribution in [3.8, 4) is 17.5 Å². The summed E-state index contributed by atoms with van der Waals surface area (Å²) in [7, 11) is 0. The predicted molar refractivity (Wildman–Crippen MR) is 104 cm³/mol. The molecule has 0 radical (unpaired) electrons. The average Bonchev–Trinajstić information content (AvgIpc) is 2.61. The summed E-state index contributed by atoms with van der Waals surface area (Å²) >= 11 is 0. The lowest BCUT2D eigenvalue weighted by atomic mass is 9.31. The number of carbonyl (C=O) groups is 1. The number of ether oxygens (including phenoxy) is 2. The molecule has 1 saturated heterocycles. The van der Waals surface area contributed by atoms with Gasteiger partial charge >= 0.3 is 0 Å². The number of nitriles is 1. The van der Waals surface area contributed by atoms with Crippen LogP contribution in [0.15, 0.2) is 17.2 Å². The normalized spacial score (nSPS) is 22.6. The van der Waals surface area contributed by atoms with Gasteiger partial charge in [-0.1, -0.05) is 13.8 Å². The van der Waals surface area contributed by atoms with E-state index in [-0.39, 0.29) is 30.2 Å². The molecular formula is C19H23BN4O3. The second-order valence-corrected chi connectivity index (χ2v) is 8.14. The van der Waals surface area contributed by atoms with E-state index in [0.29, 0.717) is 12.4 Å². The van der Waals surface area contributed by atoms with Crippen molar-refractivity contribution in [1.29, 1.82) is 5.26 Å². The van der Waals surface area contributed by atoms with Crippen LogP contribution in [-0.4, -0.2) is 36.7 Å². The number of nitrogens with zero attached hydrogens (tertiary/aromatic N) is 3. The van der Waals surface area contributed by atoms with Gasteiger partial charge in [0.15, 0.2) is 5.84 Å². The fourth-order valence-corrected chi connectivity index (χ4v) is 4.03. The van der Waals surface area contributed by atoms with E-state index in [1.54, 1.807) is 0 Å². The van der Waals surface area contributed by atoms with Crippen LogP contribution in [0.5, 0.6) is 11.5 Å². The van der Waals surface area contributed by atoms with Gasteiger partial charge in [-0.05, 0) is 38.5 Å². The zero-order chi connectivity index (χ0) is 19.3. The number of hydrogen-bond acceptors (Lipinski definition) is 6. The number of amidine groups is 1. The van der Waals surface area contributed by atoms with Crippen LogP contribution in [0.25, 0.3) is 0 Å². The van der Waals surface area contributed by atoms with Crippen LogP contribution in [0, 0.1) is 11.2 Å². The Labute approximate surface area is 159 Å².